The number of amides is 1. The van der Waals surface area contributed by atoms with E-state index in [2.05, 4.69) is 15.5 Å². The van der Waals surface area contributed by atoms with Crippen molar-refractivity contribution in [1.29, 1.82) is 0 Å². The Balaban J connectivity index is 1.76. The van der Waals surface area contributed by atoms with Crippen LogP contribution < -0.4 is 14.8 Å². The molecule has 1 aliphatic rings. The van der Waals surface area contributed by atoms with E-state index < -0.39 is 0 Å². The molecule has 3 rings (SSSR count). The largest absolute Gasteiger partial charge is 0.497 e. The van der Waals surface area contributed by atoms with Gasteiger partial charge < -0.3 is 14.8 Å². The lowest BCUT2D eigenvalue weighted by Crippen LogP contribution is -2.19. The molecule has 0 atom stereocenters. The van der Waals surface area contributed by atoms with E-state index in [1.165, 1.54) is 11.8 Å². The van der Waals surface area contributed by atoms with Crippen molar-refractivity contribution in [3.8, 4) is 17.2 Å². The van der Waals surface area contributed by atoms with Crippen LogP contribution in [0.25, 0.3) is 0 Å². The van der Waals surface area contributed by atoms with Crippen molar-refractivity contribution in [3.63, 3.8) is 0 Å². The molecule has 0 saturated carbocycles. The molecule has 1 aliphatic heterocycles. The molecule has 1 fully saturated rings. The van der Waals surface area contributed by atoms with Gasteiger partial charge in [-0.05, 0) is 24.3 Å². The van der Waals surface area contributed by atoms with Crippen LogP contribution in [-0.4, -0.2) is 30.2 Å². The summed E-state index contributed by atoms with van der Waals surface area (Å²) in [6.07, 6.45) is 1.59. The molecular formula is C17H15N3O3S. The second kappa shape index (κ2) is 7.65. The number of thioether (sulfide) groups is 1. The van der Waals surface area contributed by atoms with Crippen molar-refractivity contribution in [2.24, 2.45) is 10.2 Å². The molecule has 2 aromatic rings. The van der Waals surface area contributed by atoms with Crippen molar-refractivity contribution in [2.75, 3.05) is 12.9 Å². The molecule has 1 amide bonds. The summed E-state index contributed by atoms with van der Waals surface area (Å²) in [5.41, 5.74) is 0.777. The normalized spacial score (nSPS) is 15.7. The number of methoxy groups -OCH3 is 1. The third kappa shape index (κ3) is 4.14. The van der Waals surface area contributed by atoms with Crippen LogP contribution in [0.2, 0.25) is 0 Å². The Morgan fingerprint density at radius 1 is 1.17 bits per heavy atom. The Bertz CT molecular complexity index is 805. The van der Waals surface area contributed by atoms with Crippen LogP contribution in [-0.2, 0) is 4.79 Å². The molecule has 1 heterocycles. The highest BCUT2D eigenvalue weighted by atomic mass is 32.2. The summed E-state index contributed by atoms with van der Waals surface area (Å²) < 4.78 is 11.1. The van der Waals surface area contributed by atoms with E-state index in [1.54, 1.807) is 19.4 Å². The van der Waals surface area contributed by atoms with E-state index in [0.29, 0.717) is 22.4 Å². The van der Waals surface area contributed by atoms with Crippen LogP contribution in [0.5, 0.6) is 17.2 Å². The highest BCUT2D eigenvalue weighted by molar-refractivity contribution is 8.15. The SMILES string of the molecule is COc1cccc(Oc2ccccc2C=NN=C2NC(=O)CS2)c1. The third-order valence-electron chi connectivity index (χ3n) is 3.12. The van der Waals surface area contributed by atoms with E-state index in [9.17, 15) is 4.79 Å². The minimum Gasteiger partial charge on any atom is -0.497 e. The maximum absolute atomic E-state index is 11.1. The molecule has 0 bridgehead atoms. The quantitative estimate of drug-likeness (QED) is 0.670. The number of nitrogens with zero attached hydrogens (tertiary/aromatic N) is 2. The molecule has 122 valence electrons. The highest BCUT2D eigenvalue weighted by Gasteiger charge is 2.15. The second-order valence-corrected chi connectivity index (χ2v) is 5.77. The summed E-state index contributed by atoms with van der Waals surface area (Å²) in [5, 5.41) is 11.1. The molecule has 0 aliphatic carbocycles. The van der Waals surface area contributed by atoms with E-state index >= 15 is 0 Å². The van der Waals surface area contributed by atoms with Crippen LogP contribution in [0.1, 0.15) is 5.56 Å². The summed E-state index contributed by atoms with van der Waals surface area (Å²) in [5.74, 6) is 2.36. The Hall–Kier alpha value is -2.80. The van der Waals surface area contributed by atoms with Crippen molar-refractivity contribution < 1.29 is 14.3 Å². The fourth-order valence-corrected chi connectivity index (χ4v) is 2.63. The van der Waals surface area contributed by atoms with Gasteiger partial charge in [-0.1, -0.05) is 30.0 Å². The van der Waals surface area contributed by atoms with Crippen molar-refractivity contribution in [2.45, 2.75) is 0 Å². The standard InChI is InChI=1S/C17H15N3O3S/c1-22-13-6-4-7-14(9-13)23-15-8-3-2-5-12(15)10-18-20-17-19-16(21)11-24-17/h2-10H,11H2,1H3,(H,19,20,21). The van der Waals surface area contributed by atoms with Gasteiger partial charge in [-0.3, -0.25) is 4.79 Å². The minimum atomic E-state index is -0.0595. The lowest BCUT2D eigenvalue weighted by molar-refractivity contribution is -0.116. The number of carbonyl (C=O) groups excluding carboxylic acids is 1. The predicted molar refractivity (Wildman–Crippen MR) is 95.1 cm³/mol. The fourth-order valence-electron chi connectivity index (χ4n) is 1.99. The number of amidine groups is 1. The predicted octanol–water partition coefficient (Wildman–Crippen LogP) is 3.04. The Morgan fingerprint density at radius 2 is 2.00 bits per heavy atom. The lowest BCUT2D eigenvalue weighted by Gasteiger charge is -2.09. The van der Waals surface area contributed by atoms with Gasteiger partial charge in [0.05, 0.1) is 19.1 Å². The number of carbonyl (C=O) groups is 1. The maximum atomic E-state index is 11.1. The van der Waals surface area contributed by atoms with Gasteiger partial charge in [0.15, 0.2) is 5.17 Å². The number of hydrogen-bond donors (Lipinski definition) is 1. The third-order valence-corrected chi connectivity index (χ3v) is 3.98. The Labute approximate surface area is 143 Å². The molecule has 24 heavy (non-hydrogen) atoms. The lowest BCUT2D eigenvalue weighted by atomic mass is 10.2. The molecule has 1 saturated heterocycles. The molecule has 2 aromatic carbocycles. The molecule has 7 heteroatoms. The van der Waals surface area contributed by atoms with E-state index in [1.807, 2.05) is 42.5 Å². The number of para-hydroxylation sites is 1. The fraction of sp³-hybridized carbons (Fsp3) is 0.118. The van der Waals surface area contributed by atoms with Gasteiger partial charge in [0.25, 0.3) is 0 Å². The molecule has 0 unspecified atom stereocenters. The van der Waals surface area contributed by atoms with E-state index in [0.717, 1.165) is 11.3 Å². The Kier molecular flexibility index (Phi) is 5.12. The first-order valence-corrected chi connectivity index (χ1v) is 8.18. The summed E-state index contributed by atoms with van der Waals surface area (Å²) in [6, 6.07) is 14.9. The molecular weight excluding hydrogens is 326 g/mol. The molecule has 0 spiro atoms. The van der Waals surface area contributed by atoms with Crippen molar-refractivity contribution >= 4 is 29.1 Å². The van der Waals surface area contributed by atoms with Gasteiger partial charge >= 0.3 is 0 Å². The Morgan fingerprint density at radius 3 is 2.79 bits per heavy atom. The van der Waals surface area contributed by atoms with Crippen molar-refractivity contribution in [1.82, 2.24) is 5.32 Å². The first-order chi connectivity index (χ1) is 11.7. The summed E-state index contributed by atoms with van der Waals surface area (Å²) in [6.45, 7) is 0. The van der Waals surface area contributed by atoms with Crippen LogP contribution in [0.4, 0.5) is 0 Å². The maximum Gasteiger partial charge on any atom is 0.236 e. The zero-order valence-electron chi connectivity index (χ0n) is 12.9. The number of nitrogens with one attached hydrogen (secondary N) is 1. The van der Waals surface area contributed by atoms with Crippen LogP contribution in [0.15, 0.2) is 58.7 Å². The van der Waals surface area contributed by atoms with Gasteiger partial charge in [0.2, 0.25) is 5.91 Å². The first kappa shape index (κ1) is 16.1. The van der Waals surface area contributed by atoms with Gasteiger partial charge in [-0.2, -0.15) is 5.10 Å². The molecule has 0 aromatic heterocycles. The first-order valence-electron chi connectivity index (χ1n) is 7.19. The van der Waals surface area contributed by atoms with Crippen LogP contribution in [0.3, 0.4) is 0 Å². The van der Waals surface area contributed by atoms with Gasteiger partial charge in [-0.15, -0.1) is 5.10 Å². The molecule has 1 N–H and O–H groups in total. The number of rotatable bonds is 5. The molecule has 6 nitrogen and oxygen atoms in total. The second-order valence-electron chi connectivity index (χ2n) is 4.81. The van der Waals surface area contributed by atoms with Gasteiger partial charge in [-0.25, -0.2) is 0 Å². The van der Waals surface area contributed by atoms with Crippen LogP contribution in [0, 0.1) is 0 Å². The van der Waals surface area contributed by atoms with Gasteiger partial charge in [0, 0.05) is 11.6 Å². The average molecular weight is 341 g/mol. The smallest absolute Gasteiger partial charge is 0.236 e. The summed E-state index contributed by atoms with van der Waals surface area (Å²) >= 11 is 1.33. The van der Waals surface area contributed by atoms with Crippen molar-refractivity contribution in [3.05, 3.63) is 54.1 Å². The summed E-state index contributed by atoms with van der Waals surface area (Å²) in [4.78, 5) is 11.1. The zero-order valence-corrected chi connectivity index (χ0v) is 13.7. The van der Waals surface area contributed by atoms with Gasteiger partial charge in [0.1, 0.15) is 17.2 Å². The molecule has 0 radical (unpaired) electrons. The number of hydrogen-bond acceptors (Lipinski definition) is 6. The monoisotopic (exact) mass is 341 g/mol. The minimum absolute atomic E-state index is 0.0595. The van der Waals surface area contributed by atoms with E-state index in [4.69, 9.17) is 9.47 Å². The topological polar surface area (TPSA) is 72.3 Å². The number of ether oxygens (including phenoxy) is 2. The zero-order chi connectivity index (χ0) is 16.8. The number of benzene rings is 2. The van der Waals surface area contributed by atoms with Crippen LogP contribution >= 0.6 is 11.8 Å². The van der Waals surface area contributed by atoms with E-state index in [-0.39, 0.29) is 5.91 Å². The highest BCUT2D eigenvalue weighted by Crippen LogP contribution is 2.27. The average Bonchev–Trinajstić information content (AvgIpc) is 3.02. The summed E-state index contributed by atoms with van der Waals surface area (Å²) in [7, 11) is 1.61.